The molecule has 1 amide bonds. The van der Waals surface area contributed by atoms with Crippen molar-refractivity contribution in [2.24, 2.45) is 7.05 Å². The third-order valence-corrected chi connectivity index (χ3v) is 3.77. The van der Waals surface area contributed by atoms with E-state index in [4.69, 9.17) is 11.6 Å². The molecule has 2 aromatic heterocycles. The highest BCUT2D eigenvalue weighted by Crippen LogP contribution is 2.26. The Bertz CT molecular complexity index is 830. The van der Waals surface area contributed by atoms with Crippen molar-refractivity contribution in [2.75, 3.05) is 0 Å². The molecule has 6 heteroatoms. The molecule has 3 rings (SSSR count). The van der Waals surface area contributed by atoms with Crippen LogP contribution in [0.4, 0.5) is 0 Å². The summed E-state index contributed by atoms with van der Waals surface area (Å²) in [6.07, 6.45) is 3.42. The molecule has 0 saturated heterocycles. The molecule has 0 radical (unpaired) electrons. The molecule has 0 aliphatic rings. The summed E-state index contributed by atoms with van der Waals surface area (Å²) in [5.74, 6) is -0.192. The zero-order valence-corrected chi connectivity index (χ0v) is 13.3. The van der Waals surface area contributed by atoms with Crippen molar-refractivity contribution in [3.05, 3.63) is 71.1 Å². The van der Waals surface area contributed by atoms with Crippen molar-refractivity contribution in [1.29, 1.82) is 0 Å². The van der Waals surface area contributed by atoms with Gasteiger partial charge in [0.1, 0.15) is 5.69 Å². The Morgan fingerprint density at radius 3 is 2.83 bits per heavy atom. The van der Waals surface area contributed by atoms with Crippen LogP contribution >= 0.6 is 11.6 Å². The van der Waals surface area contributed by atoms with Crippen LogP contribution in [0.5, 0.6) is 0 Å². The Labute approximate surface area is 138 Å². The van der Waals surface area contributed by atoms with Gasteiger partial charge in [0.05, 0.1) is 10.7 Å². The highest BCUT2D eigenvalue weighted by Gasteiger charge is 2.15. The van der Waals surface area contributed by atoms with E-state index in [2.05, 4.69) is 15.4 Å². The monoisotopic (exact) mass is 326 g/mol. The van der Waals surface area contributed by atoms with Crippen LogP contribution in [-0.2, 0) is 13.6 Å². The van der Waals surface area contributed by atoms with Crippen LogP contribution in [0.1, 0.15) is 16.1 Å². The Morgan fingerprint density at radius 2 is 2.09 bits per heavy atom. The molecule has 116 valence electrons. The number of hydrogen-bond acceptors (Lipinski definition) is 3. The lowest BCUT2D eigenvalue weighted by molar-refractivity contribution is 0.0941. The number of nitrogens with one attached hydrogen (secondary N) is 1. The molecule has 5 nitrogen and oxygen atoms in total. The van der Waals surface area contributed by atoms with Gasteiger partial charge in [-0.15, -0.1) is 0 Å². The van der Waals surface area contributed by atoms with Crippen LogP contribution in [0.25, 0.3) is 11.3 Å². The molecule has 2 heterocycles. The Balaban J connectivity index is 1.78. The first kappa shape index (κ1) is 15.2. The lowest BCUT2D eigenvalue weighted by atomic mass is 10.1. The van der Waals surface area contributed by atoms with Crippen molar-refractivity contribution in [3.8, 4) is 11.3 Å². The number of nitrogens with zero attached hydrogens (tertiary/aromatic N) is 3. The van der Waals surface area contributed by atoms with Gasteiger partial charge in [-0.3, -0.25) is 14.5 Å². The third kappa shape index (κ3) is 3.40. The van der Waals surface area contributed by atoms with Crippen molar-refractivity contribution in [1.82, 2.24) is 20.1 Å². The number of amides is 1. The average Bonchev–Trinajstić information content (AvgIpc) is 2.96. The molecule has 1 N–H and O–H groups in total. The van der Waals surface area contributed by atoms with Gasteiger partial charge in [-0.1, -0.05) is 35.9 Å². The molecule has 0 aliphatic carbocycles. The number of halogens is 1. The molecule has 0 unspecified atom stereocenters. The fraction of sp³-hybridized carbons (Fsp3) is 0.118. The second-order valence-electron chi connectivity index (χ2n) is 5.06. The third-order valence-electron chi connectivity index (χ3n) is 3.44. The SMILES string of the molecule is Cn1nc(-c2ccccc2Cl)cc1C(=O)NCc1cccnc1. The Morgan fingerprint density at radius 1 is 1.26 bits per heavy atom. The van der Waals surface area contributed by atoms with E-state index in [1.54, 1.807) is 36.3 Å². The van der Waals surface area contributed by atoms with Gasteiger partial charge in [0.25, 0.3) is 5.91 Å². The molecule has 0 aliphatic heterocycles. The maximum atomic E-state index is 12.3. The second kappa shape index (κ2) is 6.62. The van der Waals surface area contributed by atoms with E-state index in [0.29, 0.717) is 23.0 Å². The van der Waals surface area contributed by atoms with Crippen LogP contribution in [-0.4, -0.2) is 20.7 Å². The number of carbonyl (C=O) groups is 1. The fourth-order valence-electron chi connectivity index (χ4n) is 2.26. The number of aromatic nitrogens is 3. The average molecular weight is 327 g/mol. The van der Waals surface area contributed by atoms with Crippen LogP contribution < -0.4 is 5.32 Å². The highest BCUT2D eigenvalue weighted by atomic mass is 35.5. The summed E-state index contributed by atoms with van der Waals surface area (Å²) in [5, 5.41) is 7.84. The highest BCUT2D eigenvalue weighted by molar-refractivity contribution is 6.33. The topological polar surface area (TPSA) is 59.8 Å². The summed E-state index contributed by atoms with van der Waals surface area (Å²) in [6.45, 7) is 0.416. The first-order valence-electron chi connectivity index (χ1n) is 7.11. The van der Waals surface area contributed by atoms with E-state index in [9.17, 15) is 4.79 Å². The number of carbonyl (C=O) groups excluding carboxylic acids is 1. The predicted molar refractivity (Wildman–Crippen MR) is 89.1 cm³/mol. The van der Waals surface area contributed by atoms with Crippen molar-refractivity contribution in [2.45, 2.75) is 6.54 Å². The van der Waals surface area contributed by atoms with Gasteiger partial charge < -0.3 is 5.32 Å². The first-order valence-corrected chi connectivity index (χ1v) is 7.49. The summed E-state index contributed by atoms with van der Waals surface area (Å²) in [5.41, 5.74) is 2.89. The summed E-state index contributed by atoms with van der Waals surface area (Å²) >= 11 is 6.18. The number of rotatable bonds is 4. The van der Waals surface area contributed by atoms with E-state index in [1.165, 1.54) is 0 Å². The number of hydrogen-bond donors (Lipinski definition) is 1. The number of aryl methyl sites for hydroxylation is 1. The standard InChI is InChI=1S/C17H15ClN4O/c1-22-16(17(23)20-11-12-5-4-8-19-10-12)9-15(21-22)13-6-2-3-7-14(13)18/h2-10H,11H2,1H3,(H,20,23). The van der Waals surface area contributed by atoms with E-state index in [-0.39, 0.29) is 5.91 Å². The second-order valence-corrected chi connectivity index (χ2v) is 5.47. The van der Waals surface area contributed by atoms with Gasteiger partial charge >= 0.3 is 0 Å². The minimum absolute atomic E-state index is 0.192. The van der Waals surface area contributed by atoms with Crippen LogP contribution in [0.3, 0.4) is 0 Å². The van der Waals surface area contributed by atoms with Gasteiger partial charge in [-0.05, 0) is 23.8 Å². The number of benzene rings is 1. The zero-order valence-electron chi connectivity index (χ0n) is 12.5. The quantitative estimate of drug-likeness (QED) is 0.801. The minimum atomic E-state index is -0.192. The predicted octanol–water partition coefficient (Wildman–Crippen LogP) is 3.07. The molecule has 3 aromatic rings. The minimum Gasteiger partial charge on any atom is -0.347 e. The Hall–Kier alpha value is -2.66. The van der Waals surface area contributed by atoms with Crippen molar-refractivity contribution < 1.29 is 4.79 Å². The van der Waals surface area contributed by atoms with Gasteiger partial charge in [0.2, 0.25) is 0 Å². The summed E-state index contributed by atoms with van der Waals surface area (Å²) < 4.78 is 1.55. The lowest BCUT2D eigenvalue weighted by Crippen LogP contribution is -2.25. The van der Waals surface area contributed by atoms with E-state index < -0.39 is 0 Å². The largest absolute Gasteiger partial charge is 0.347 e. The summed E-state index contributed by atoms with van der Waals surface area (Å²) in [7, 11) is 1.74. The molecule has 0 saturated carbocycles. The van der Waals surface area contributed by atoms with E-state index in [1.807, 2.05) is 30.3 Å². The van der Waals surface area contributed by atoms with Gasteiger partial charge in [0.15, 0.2) is 0 Å². The smallest absolute Gasteiger partial charge is 0.269 e. The molecule has 0 spiro atoms. The lowest BCUT2D eigenvalue weighted by Gasteiger charge is -2.04. The van der Waals surface area contributed by atoms with Gasteiger partial charge in [0, 0.05) is 31.5 Å². The zero-order chi connectivity index (χ0) is 16.2. The summed E-state index contributed by atoms with van der Waals surface area (Å²) in [6, 6.07) is 12.9. The van der Waals surface area contributed by atoms with E-state index in [0.717, 1.165) is 11.1 Å². The Kier molecular flexibility index (Phi) is 4.39. The van der Waals surface area contributed by atoms with Crippen LogP contribution in [0.2, 0.25) is 5.02 Å². The first-order chi connectivity index (χ1) is 11.1. The normalized spacial score (nSPS) is 10.5. The molecular weight excluding hydrogens is 312 g/mol. The maximum absolute atomic E-state index is 12.3. The molecule has 0 fully saturated rings. The van der Waals surface area contributed by atoms with Gasteiger partial charge in [-0.2, -0.15) is 5.10 Å². The van der Waals surface area contributed by atoms with Gasteiger partial charge in [-0.25, -0.2) is 0 Å². The van der Waals surface area contributed by atoms with Crippen LogP contribution in [0, 0.1) is 0 Å². The molecule has 0 bridgehead atoms. The van der Waals surface area contributed by atoms with Crippen molar-refractivity contribution in [3.63, 3.8) is 0 Å². The molecular formula is C17H15ClN4O. The number of pyridine rings is 1. The fourth-order valence-corrected chi connectivity index (χ4v) is 2.49. The maximum Gasteiger partial charge on any atom is 0.269 e. The van der Waals surface area contributed by atoms with Crippen molar-refractivity contribution >= 4 is 17.5 Å². The summed E-state index contributed by atoms with van der Waals surface area (Å²) in [4.78, 5) is 16.4. The van der Waals surface area contributed by atoms with Crippen LogP contribution in [0.15, 0.2) is 54.9 Å². The van der Waals surface area contributed by atoms with E-state index >= 15 is 0 Å². The molecule has 23 heavy (non-hydrogen) atoms. The molecule has 0 atom stereocenters. The molecule has 1 aromatic carbocycles.